The summed E-state index contributed by atoms with van der Waals surface area (Å²) in [5.74, 6) is -0.620. The molecule has 1 saturated carbocycles. The van der Waals surface area contributed by atoms with Crippen molar-refractivity contribution in [1.29, 1.82) is 0 Å². The van der Waals surface area contributed by atoms with E-state index in [-0.39, 0.29) is 16.0 Å². The number of benzene rings is 2. The van der Waals surface area contributed by atoms with E-state index in [1.165, 1.54) is 17.5 Å². The fraction of sp³-hybridized carbons (Fsp3) is 0.394. The Morgan fingerprint density at radius 1 is 0.975 bits per heavy atom. The minimum absolute atomic E-state index is 0.129. The molecule has 6 nitrogen and oxygen atoms in total. The molecule has 2 aromatic carbocycles. The van der Waals surface area contributed by atoms with E-state index < -0.39 is 14.3 Å². The van der Waals surface area contributed by atoms with Crippen molar-refractivity contribution in [2.45, 2.75) is 69.7 Å². The number of rotatable bonds is 9. The van der Waals surface area contributed by atoms with Gasteiger partial charge in [-0.3, -0.25) is 0 Å². The molecule has 7 heteroatoms. The summed E-state index contributed by atoms with van der Waals surface area (Å²) in [4.78, 5) is 12.8. The number of carbonyl (C=O) groups is 1. The SMILES string of the molecule is COc1cn2nccc2c(C2(CCO[Si](c3ccccc3)(c3ccccc3)C(C)(C)C)CCCCC2)c1C(=O)O. The minimum Gasteiger partial charge on any atom is -0.494 e. The summed E-state index contributed by atoms with van der Waals surface area (Å²) < 4.78 is 14.7. The predicted molar refractivity (Wildman–Crippen MR) is 162 cm³/mol. The number of methoxy groups -OCH3 is 1. The van der Waals surface area contributed by atoms with Crippen LogP contribution in [0.15, 0.2) is 79.1 Å². The molecule has 1 N–H and O–H groups in total. The van der Waals surface area contributed by atoms with Crippen LogP contribution in [0.5, 0.6) is 5.75 Å². The van der Waals surface area contributed by atoms with Gasteiger partial charge in [-0.1, -0.05) is 101 Å². The van der Waals surface area contributed by atoms with Gasteiger partial charge in [0.05, 0.1) is 18.8 Å². The molecule has 40 heavy (non-hydrogen) atoms. The summed E-state index contributed by atoms with van der Waals surface area (Å²) in [5, 5.41) is 17.3. The third-order valence-corrected chi connectivity index (χ3v) is 13.8. The number of carboxylic acid groups (broad SMARTS) is 1. The van der Waals surface area contributed by atoms with E-state index in [9.17, 15) is 9.90 Å². The molecule has 0 spiro atoms. The van der Waals surface area contributed by atoms with Gasteiger partial charge in [0.25, 0.3) is 8.32 Å². The van der Waals surface area contributed by atoms with E-state index in [4.69, 9.17) is 9.16 Å². The lowest BCUT2D eigenvalue weighted by atomic mass is 9.66. The molecule has 5 rings (SSSR count). The van der Waals surface area contributed by atoms with Crippen LogP contribution in [0.25, 0.3) is 5.52 Å². The molecule has 0 radical (unpaired) electrons. The van der Waals surface area contributed by atoms with Gasteiger partial charge in [0.15, 0.2) is 5.75 Å². The molecule has 0 bridgehead atoms. The highest BCUT2D eigenvalue weighted by Gasteiger charge is 2.50. The van der Waals surface area contributed by atoms with Gasteiger partial charge in [0.1, 0.15) is 5.56 Å². The lowest BCUT2D eigenvalue weighted by molar-refractivity contribution is 0.0687. The molecular formula is C33H40N2O4Si. The summed E-state index contributed by atoms with van der Waals surface area (Å²) in [6, 6.07) is 23.3. The quantitative estimate of drug-likeness (QED) is 0.248. The van der Waals surface area contributed by atoms with E-state index in [2.05, 4.69) is 86.5 Å². The van der Waals surface area contributed by atoms with Crippen LogP contribution in [0.2, 0.25) is 5.04 Å². The second-order valence-electron chi connectivity index (χ2n) is 12.0. The summed E-state index contributed by atoms with van der Waals surface area (Å²) in [6.45, 7) is 7.39. The lowest BCUT2D eigenvalue weighted by Crippen LogP contribution is -2.66. The van der Waals surface area contributed by atoms with Gasteiger partial charge in [0.2, 0.25) is 0 Å². The maximum absolute atomic E-state index is 12.8. The predicted octanol–water partition coefficient (Wildman–Crippen LogP) is 6.21. The molecule has 2 aromatic heterocycles. The van der Waals surface area contributed by atoms with Crippen LogP contribution in [0.4, 0.5) is 0 Å². The second kappa shape index (κ2) is 11.2. The number of carboxylic acids is 1. The van der Waals surface area contributed by atoms with E-state index in [0.29, 0.717) is 12.4 Å². The maximum Gasteiger partial charge on any atom is 0.339 e. The van der Waals surface area contributed by atoms with Crippen LogP contribution in [-0.4, -0.2) is 42.7 Å². The number of nitrogens with zero attached hydrogens (tertiary/aromatic N) is 2. The van der Waals surface area contributed by atoms with Gasteiger partial charge in [-0.25, -0.2) is 9.31 Å². The highest BCUT2D eigenvalue weighted by atomic mass is 28.4. The van der Waals surface area contributed by atoms with Crippen molar-refractivity contribution in [3.63, 3.8) is 0 Å². The van der Waals surface area contributed by atoms with Crippen molar-refractivity contribution in [3.05, 3.63) is 90.3 Å². The standard InChI is InChI=1S/C33H40N2O4Si/c1-32(2,3)40(25-14-8-5-9-15-25,26-16-10-6-11-17-26)39-23-21-33(19-12-7-13-20-33)30-27-18-22-34-35(27)24-28(38-4)29(30)31(36)37/h5-6,8-11,14-18,22,24H,7,12-13,19-21,23H2,1-4H3,(H,36,37). The van der Waals surface area contributed by atoms with Crippen molar-refractivity contribution < 1.29 is 19.1 Å². The van der Waals surface area contributed by atoms with Crippen molar-refractivity contribution >= 4 is 30.2 Å². The fourth-order valence-electron chi connectivity index (χ4n) is 6.96. The Hall–Kier alpha value is -3.42. The first-order valence-corrected chi connectivity index (χ1v) is 16.2. The molecule has 210 valence electrons. The van der Waals surface area contributed by atoms with Crippen LogP contribution in [0, 0.1) is 0 Å². The molecular weight excluding hydrogens is 516 g/mol. The van der Waals surface area contributed by atoms with Crippen LogP contribution in [0.3, 0.4) is 0 Å². The van der Waals surface area contributed by atoms with Gasteiger partial charge in [-0.15, -0.1) is 0 Å². The van der Waals surface area contributed by atoms with Gasteiger partial charge in [0, 0.05) is 23.8 Å². The number of aromatic carboxylic acids is 1. The molecule has 0 atom stereocenters. The van der Waals surface area contributed by atoms with Crippen LogP contribution < -0.4 is 15.1 Å². The number of hydrogen-bond donors (Lipinski definition) is 1. The van der Waals surface area contributed by atoms with Crippen LogP contribution in [-0.2, 0) is 9.84 Å². The second-order valence-corrected chi connectivity index (χ2v) is 16.3. The highest BCUT2D eigenvalue weighted by molar-refractivity contribution is 6.99. The van der Waals surface area contributed by atoms with Crippen molar-refractivity contribution in [2.24, 2.45) is 0 Å². The Balaban J connectivity index is 1.62. The normalized spacial score (nSPS) is 15.7. The molecule has 1 fully saturated rings. The Kier molecular flexibility index (Phi) is 7.89. The molecule has 0 aliphatic heterocycles. The molecule has 0 unspecified atom stereocenters. The van der Waals surface area contributed by atoms with Gasteiger partial charge in [-0.05, 0) is 40.7 Å². The first-order valence-electron chi connectivity index (χ1n) is 14.3. The van der Waals surface area contributed by atoms with E-state index in [1.807, 2.05) is 6.07 Å². The fourth-order valence-corrected chi connectivity index (χ4v) is 11.5. The zero-order valence-corrected chi connectivity index (χ0v) is 25.0. The van der Waals surface area contributed by atoms with Crippen molar-refractivity contribution in [1.82, 2.24) is 9.61 Å². The molecule has 2 heterocycles. The van der Waals surface area contributed by atoms with Crippen LogP contribution in [0.1, 0.15) is 75.2 Å². The Bertz CT molecular complexity index is 1420. The third kappa shape index (κ3) is 4.86. The van der Waals surface area contributed by atoms with Gasteiger partial charge >= 0.3 is 5.97 Å². The topological polar surface area (TPSA) is 73.1 Å². The van der Waals surface area contributed by atoms with Crippen molar-refractivity contribution in [2.75, 3.05) is 13.7 Å². The first-order chi connectivity index (χ1) is 19.2. The zero-order chi connectivity index (χ0) is 28.4. The summed E-state index contributed by atoms with van der Waals surface area (Å²) in [5.41, 5.74) is 1.57. The Labute approximate surface area is 238 Å². The van der Waals surface area contributed by atoms with E-state index in [0.717, 1.165) is 49.6 Å². The number of ether oxygens (including phenoxy) is 1. The summed E-state index contributed by atoms with van der Waals surface area (Å²) >= 11 is 0. The smallest absolute Gasteiger partial charge is 0.339 e. The number of hydrogen-bond acceptors (Lipinski definition) is 4. The maximum atomic E-state index is 12.8. The zero-order valence-electron chi connectivity index (χ0n) is 24.0. The monoisotopic (exact) mass is 556 g/mol. The largest absolute Gasteiger partial charge is 0.494 e. The molecule has 0 saturated heterocycles. The molecule has 0 amide bonds. The number of fused-ring (bicyclic) bond motifs is 1. The Morgan fingerprint density at radius 3 is 2.10 bits per heavy atom. The number of pyridine rings is 1. The van der Waals surface area contributed by atoms with Crippen molar-refractivity contribution in [3.8, 4) is 5.75 Å². The Morgan fingerprint density at radius 2 is 1.57 bits per heavy atom. The van der Waals surface area contributed by atoms with Crippen LogP contribution >= 0.6 is 0 Å². The molecule has 1 aliphatic carbocycles. The first kappa shape index (κ1) is 28.1. The molecule has 4 aromatic rings. The van der Waals surface area contributed by atoms with E-state index in [1.54, 1.807) is 16.9 Å². The van der Waals surface area contributed by atoms with E-state index >= 15 is 0 Å². The number of aromatic nitrogens is 2. The summed E-state index contributed by atoms with van der Waals surface area (Å²) in [7, 11) is -1.19. The third-order valence-electron chi connectivity index (χ3n) is 8.75. The highest BCUT2D eigenvalue weighted by Crippen LogP contribution is 2.48. The molecule has 1 aliphatic rings. The minimum atomic E-state index is -2.72. The summed E-state index contributed by atoms with van der Waals surface area (Å²) in [6.07, 6.45) is 9.21. The lowest BCUT2D eigenvalue weighted by Gasteiger charge is -2.45. The van der Waals surface area contributed by atoms with Gasteiger partial charge < -0.3 is 14.3 Å². The average molecular weight is 557 g/mol. The average Bonchev–Trinajstić information content (AvgIpc) is 3.43. The van der Waals surface area contributed by atoms with Gasteiger partial charge in [-0.2, -0.15) is 5.10 Å².